The van der Waals surface area contributed by atoms with E-state index >= 15 is 0 Å². The van der Waals surface area contributed by atoms with Gasteiger partial charge < -0.3 is 20.1 Å². The quantitative estimate of drug-likeness (QED) is 0.579. The summed E-state index contributed by atoms with van der Waals surface area (Å²) in [6.07, 6.45) is 6.08. The molecule has 0 unspecified atom stereocenters. The Hall–Kier alpha value is -2.05. The zero-order valence-corrected chi connectivity index (χ0v) is 14.9. The standard InChI is InChI=1S/C18H27F2N3O2/c1-3-21-18(23-14-7-5-4-6-8-14)22-12-13-9-10-15(24-2)16(11-13)25-17(19)20/h9-11,14,17H,3-8,12H2,1-2H3,(H2,21,22,23). The summed E-state index contributed by atoms with van der Waals surface area (Å²) in [5, 5.41) is 6.69. The Bertz CT molecular complexity index is 561. The Balaban J connectivity index is 2.05. The van der Waals surface area contributed by atoms with Gasteiger partial charge in [0.2, 0.25) is 0 Å². The summed E-state index contributed by atoms with van der Waals surface area (Å²) in [7, 11) is 1.42. The van der Waals surface area contributed by atoms with E-state index in [0.29, 0.717) is 12.6 Å². The second-order valence-corrected chi connectivity index (χ2v) is 6.04. The number of nitrogens with zero attached hydrogens (tertiary/aromatic N) is 1. The predicted octanol–water partition coefficient (Wildman–Crippen LogP) is 3.68. The van der Waals surface area contributed by atoms with Gasteiger partial charge in [0.15, 0.2) is 17.5 Å². The van der Waals surface area contributed by atoms with Gasteiger partial charge in [0.25, 0.3) is 0 Å². The number of rotatable bonds is 7. The highest BCUT2D eigenvalue weighted by molar-refractivity contribution is 5.80. The average Bonchev–Trinajstić information content (AvgIpc) is 2.60. The van der Waals surface area contributed by atoms with Crippen LogP contribution in [0.2, 0.25) is 0 Å². The molecule has 0 spiro atoms. The van der Waals surface area contributed by atoms with Crippen molar-refractivity contribution in [3.8, 4) is 11.5 Å². The van der Waals surface area contributed by atoms with Crippen LogP contribution in [-0.2, 0) is 6.54 Å². The van der Waals surface area contributed by atoms with Crippen LogP contribution >= 0.6 is 0 Å². The molecule has 1 saturated carbocycles. The molecular weight excluding hydrogens is 328 g/mol. The number of hydrogen-bond donors (Lipinski definition) is 2. The lowest BCUT2D eigenvalue weighted by molar-refractivity contribution is -0.0512. The third-order valence-corrected chi connectivity index (χ3v) is 4.15. The second-order valence-electron chi connectivity index (χ2n) is 6.04. The molecule has 2 N–H and O–H groups in total. The molecule has 0 saturated heterocycles. The average molecular weight is 355 g/mol. The molecule has 1 aliphatic rings. The molecule has 1 aliphatic carbocycles. The number of halogens is 2. The molecule has 0 atom stereocenters. The molecule has 25 heavy (non-hydrogen) atoms. The van der Waals surface area contributed by atoms with Crippen LogP contribution in [0.25, 0.3) is 0 Å². The number of methoxy groups -OCH3 is 1. The third kappa shape index (κ3) is 6.40. The van der Waals surface area contributed by atoms with E-state index in [0.717, 1.165) is 30.9 Å². The number of aliphatic imine (C=N–C) groups is 1. The lowest BCUT2D eigenvalue weighted by atomic mass is 9.96. The lowest BCUT2D eigenvalue weighted by Gasteiger charge is -2.24. The van der Waals surface area contributed by atoms with E-state index in [4.69, 9.17) is 4.74 Å². The van der Waals surface area contributed by atoms with Gasteiger partial charge >= 0.3 is 6.61 Å². The molecule has 5 nitrogen and oxygen atoms in total. The van der Waals surface area contributed by atoms with Crippen LogP contribution in [-0.4, -0.2) is 32.3 Å². The zero-order chi connectivity index (χ0) is 18.1. The number of hydrogen-bond acceptors (Lipinski definition) is 3. The molecule has 0 aliphatic heterocycles. The molecule has 0 amide bonds. The third-order valence-electron chi connectivity index (χ3n) is 4.15. The fraction of sp³-hybridized carbons (Fsp3) is 0.611. The van der Waals surface area contributed by atoms with Crippen LogP contribution in [0.5, 0.6) is 11.5 Å². The first-order valence-corrected chi connectivity index (χ1v) is 8.79. The maximum absolute atomic E-state index is 12.5. The maximum Gasteiger partial charge on any atom is 0.387 e. The summed E-state index contributed by atoms with van der Waals surface area (Å²) in [4.78, 5) is 4.56. The van der Waals surface area contributed by atoms with Crippen LogP contribution in [0.15, 0.2) is 23.2 Å². The monoisotopic (exact) mass is 355 g/mol. The number of alkyl halides is 2. The SMILES string of the molecule is CCNC(=NCc1ccc(OC)c(OC(F)F)c1)NC1CCCCC1. The smallest absolute Gasteiger partial charge is 0.387 e. The van der Waals surface area contributed by atoms with Gasteiger partial charge in [0.05, 0.1) is 13.7 Å². The van der Waals surface area contributed by atoms with E-state index in [1.54, 1.807) is 18.2 Å². The van der Waals surface area contributed by atoms with Crippen LogP contribution < -0.4 is 20.1 Å². The Morgan fingerprint density at radius 1 is 1.24 bits per heavy atom. The molecular formula is C18H27F2N3O2. The lowest BCUT2D eigenvalue weighted by Crippen LogP contribution is -2.44. The van der Waals surface area contributed by atoms with Crippen molar-refractivity contribution in [2.45, 2.75) is 58.2 Å². The summed E-state index contributed by atoms with van der Waals surface area (Å²) >= 11 is 0. The van der Waals surface area contributed by atoms with E-state index in [-0.39, 0.29) is 11.5 Å². The molecule has 0 radical (unpaired) electrons. The number of nitrogens with one attached hydrogen (secondary N) is 2. The Labute approximate surface area is 147 Å². The summed E-state index contributed by atoms with van der Waals surface area (Å²) in [5.41, 5.74) is 0.775. The minimum Gasteiger partial charge on any atom is -0.493 e. The first-order valence-electron chi connectivity index (χ1n) is 8.79. The first-order chi connectivity index (χ1) is 12.1. The minimum atomic E-state index is -2.89. The van der Waals surface area contributed by atoms with Crippen molar-refractivity contribution in [2.75, 3.05) is 13.7 Å². The van der Waals surface area contributed by atoms with Crippen molar-refractivity contribution in [3.05, 3.63) is 23.8 Å². The van der Waals surface area contributed by atoms with Crippen molar-refractivity contribution in [1.82, 2.24) is 10.6 Å². The highest BCUT2D eigenvalue weighted by Crippen LogP contribution is 2.29. The van der Waals surface area contributed by atoms with E-state index in [2.05, 4.69) is 20.4 Å². The molecule has 1 aromatic carbocycles. The van der Waals surface area contributed by atoms with Crippen molar-refractivity contribution in [2.24, 2.45) is 4.99 Å². The highest BCUT2D eigenvalue weighted by atomic mass is 19.3. The Morgan fingerprint density at radius 3 is 2.64 bits per heavy atom. The summed E-state index contributed by atoms with van der Waals surface area (Å²) in [5.74, 6) is 1.05. The van der Waals surface area contributed by atoms with Gasteiger partial charge in [-0.1, -0.05) is 25.3 Å². The van der Waals surface area contributed by atoms with E-state index < -0.39 is 6.61 Å². The van der Waals surface area contributed by atoms with Gasteiger partial charge in [-0.2, -0.15) is 8.78 Å². The van der Waals surface area contributed by atoms with Crippen LogP contribution in [0.1, 0.15) is 44.6 Å². The fourth-order valence-electron chi connectivity index (χ4n) is 2.94. The van der Waals surface area contributed by atoms with Crippen LogP contribution in [0.4, 0.5) is 8.78 Å². The summed E-state index contributed by atoms with van der Waals surface area (Å²) in [6, 6.07) is 5.40. The number of benzene rings is 1. The van der Waals surface area contributed by atoms with Crippen LogP contribution in [0, 0.1) is 0 Å². The van der Waals surface area contributed by atoms with Gasteiger partial charge in [0, 0.05) is 12.6 Å². The molecule has 7 heteroatoms. The fourth-order valence-corrected chi connectivity index (χ4v) is 2.94. The zero-order valence-electron chi connectivity index (χ0n) is 14.9. The molecule has 0 aromatic heterocycles. The van der Waals surface area contributed by atoms with E-state index in [1.807, 2.05) is 6.92 Å². The van der Waals surface area contributed by atoms with Gasteiger partial charge in [0.1, 0.15) is 0 Å². The highest BCUT2D eigenvalue weighted by Gasteiger charge is 2.15. The van der Waals surface area contributed by atoms with Crippen molar-refractivity contribution < 1.29 is 18.3 Å². The predicted molar refractivity (Wildman–Crippen MR) is 94.5 cm³/mol. The Morgan fingerprint density at radius 2 is 2.00 bits per heavy atom. The number of guanidine groups is 1. The molecule has 1 fully saturated rings. The minimum absolute atomic E-state index is 0.0236. The van der Waals surface area contributed by atoms with E-state index in [9.17, 15) is 8.78 Å². The molecule has 0 bridgehead atoms. The molecule has 140 valence electrons. The normalized spacial score (nSPS) is 16.0. The van der Waals surface area contributed by atoms with Gasteiger partial charge in [-0.05, 0) is 37.5 Å². The summed E-state index contributed by atoms with van der Waals surface area (Å²) in [6.45, 7) is 0.255. The Kier molecular flexibility index (Phi) is 7.76. The summed E-state index contributed by atoms with van der Waals surface area (Å²) < 4.78 is 34.6. The van der Waals surface area contributed by atoms with Crippen molar-refractivity contribution in [1.29, 1.82) is 0 Å². The van der Waals surface area contributed by atoms with Gasteiger partial charge in [-0.3, -0.25) is 0 Å². The molecule has 2 rings (SSSR count). The molecule has 1 aromatic rings. The molecule has 0 heterocycles. The maximum atomic E-state index is 12.5. The second kappa shape index (κ2) is 10.1. The van der Waals surface area contributed by atoms with Gasteiger partial charge in [-0.15, -0.1) is 0 Å². The number of ether oxygens (including phenoxy) is 2. The largest absolute Gasteiger partial charge is 0.493 e. The van der Waals surface area contributed by atoms with Crippen molar-refractivity contribution >= 4 is 5.96 Å². The van der Waals surface area contributed by atoms with Crippen LogP contribution in [0.3, 0.4) is 0 Å². The van der Waals surface area contributed by atoms with Gasteiger partial charge in [-0.25, -0.2) is 4.99 Å². The van der Waals surface area contributed by atoms with Crippen molar-refractivity contribution in [3.63, 3.8) is 0 Å². The first kappa shape index (κ1) is 19.3. The topological polar surface area (TPSA) is 54.9 Å². The van der Waals surface area contributed by atoms with E-state index in [1.165, 1.54) is 26.4 Å².